The van der Waals surface area contributed by atoms with E-state index in [0.717, 1.165) is 31.6 Å². The van der Waals surface area contributed by atoms with Crippen molar-refractivity contribution in [2.45, 2.75) is 39.8 Å². The number of benzene rings is 2. The summed E-state index contributed by atoms with van der Waals surface area (Å²) in [4.78, 5) is 2.34. The Morgan fingerprint density at radius 3 is 2.71 bits per heavy atom. The molecule has 0 saturated heterocycles. The summed E-state index contributed by atoms with van der Waals surface area (Å²) >= 11 is 0. The summed E-state index contributed by atoms with van der Waals surface area (Å²) in [6.45, 7) is 10.8. The zero-order valence-electron chi connectivity index (χ0n) is 14.5. The van der Waals surface area contributed by atoms with Crippen LogP contribution < -0.4 is 4.90 Å². The van der Waals surface area contributed by atoms with Gasteiger partial charge in [-0.1, -0.05) is 38.6 Å². The van der Waals surface area contributed by atoms with Gasteiger partial charge in [-0.05, 0) is 53.6 Å². The van der Waals surface area contributed by atoms with Crippen LogP contribution in [0.5, 0.6) is 0 Å². The minimum Gasteiger partial charge on any atom is -0.347 e. The van der Waals surface area contributed by atoms with E-state index in [4.69, 9.17) is 0 Å². The summed E-state index contributed by atoms with van der Waals surface area (Å²) in [6, 6.07) is 15.8. The predicted octanol–water partition coefficient (Wildman–Crippen LogP) is 5.60. The molecule has 0 N–H and O–H groups in total. The molecule has 0 unspecified atom stereocenters. The van der Waals surface area contributed by atoms with Crippen LogP contribution in [0.4, 0.5) is 5.69 Å². The summed E-state index contributed by atoms with van der Waals surface area (Å²) in [5, 5.41) is 1.31. The first-order valence-corrected chi connectivity index (χ1v) is 8.88. The Kier molecular flexibility index (Phi) is 3.68. The van der Waals surface area contributed by atoms with Crippen LogP contribution in [0, 0.1) is 0 Å². The lowest BCUT2D eigenvalue weighted by Gasteiger charge is -2.20. The molecule has 2 heteroatoms. The third kappa shape index (κ3) is 2.34. The Morgan fingerprint density at radius 2 is 1.92 bits per heavy atom. The van der Waals surface area contributed by atoms with Gasteiger partial charge < -0.3 is 9.47 Å². The predicted molar refractivity (Wildman–Crippen MR) is 103 cm³/mol. The topological polar surface area (TPSA) is 8.17 Å². The van der Waals surface area contributed by atoms with Gasteiger partial charge in [0, 0.05) is 36.2 Å². The molecule has 0 aliphatic carbocycles. The highest BCUT2D eigenvalue weighted by atomic mass is 15.2. The van der Waals surface area contributed by atoms with Crippen LogP contribution in [-0.4, -0.2) is 4.57 Å². The number of anilines is 1. The normalized spacial score (nSPS) is 13.8. The van der Waals surface area contributed by atoms with Crippen LogP contribution in [-0.2, 0) is 19.5 Å². The molecule has 0 atom stereocenters. The fourth-order valence-corrected chi connectivity index (χ4v) is 3.68. The molecule has 2 heterocycles. The summed E-state index contributed by atoms with van der Waals surface area (Å²) < 4.78 is 2.35. The highest BCUT2D eigenvalue weighted by Crippen LogP contribution is 2.37. The van der Waals surface area contributed by atoms with Crippen LogP contribution in [0.1, 0.15) is 37.0 Å². The summed E-state index contributed by atoms with van der Waals surface area (Å²) in [5.74, 6) is 0. The number of nitrogens with zero attached hydrogens (tertiary/aromatic N) is 2. The smallest absolute Gasteiger partial charge is 0.0501 e. The van der Waals surface area contributed by atoms with Crippen molar-refractivity contribution >= 4 is 22.3 Å². The second-order valence-corrected chi connectivity index (χ2v) is 6.63. The molecule has 1 aromatic heterocycles. The molecular formula is C22H24N2. The highest BCUT2D eigenvalue weighted by Gasteiger charge is 2.24. The number of aryl methyl sites for hydroxylation is 2. The molecule has 4 rings (SSSR count). The molecule has 0 amide bonds. The molecule has 1 aliphatic heterocycles. The Balaban J connectivity index is 1.73. The van der Waals surface area contributed by atoms with Crippen molar-refractivity contribution in [1.29, 1.82) is 0 Å². The van der Waals surface area contributed by atoms with Crippen molar-refractivity contribution in [3.8, 4) is 0 Å². The Labute approximate surface area is 144 Å². The maximum atomic E-state index is 4.37. The van der Waals surface area contributed by atoms with Gasteiger partial charge in [0.05, 0.1) is 5.52 Å². The average Bonchev–Trinajstić information content (AvgIpc) is 3.16. The van der Waals surface area contributed by atoms with Gasteiger partial charge in [0.1, 0.15) is 0 Å². The maximum Gasteiger partial charge on any atom is 0.0501 e. The lowest BCUT2D eigenvalue weighted by molar-refractivity contribution is 0.703. The van der Waals surface area contributed by atoms with E-state index >= 15 is 0 Å². The van der Waals surface area contributed by atoms with Gasteiger partial charge in [-0.15, -0.1) is 0 Å². The number of aromatic nitrogens is 1. The van der Waals surface area contributed by atoms with E-state index in [2.05, 4.69) is 78.6 Å². The molecule has 0 saturated carbocycles. The number of hydrogen-bond donors (Lipinski definition) is 0. The molecule has 2 nitrogen and oxygen atoms in total. The second-order valence-electron chi connectivity index (χ2n) is 6.63. The van der Waals surface area contributed by atoms with Crippen LogP contribution in [0.15, 0.2) is 55.2 Å². The first kappa shape index (κ1) is 15.1. The van der Waals surface area contributed by atoms with Crippen molar-refractivity contribution in [2.75, 3.05) is 4.90 Å². The quantitative estimate of drug-likeness (QED) is 0.608. The summed E-state index contributed by atoms with van der Waals surface area (Å²) in [5.41, 5.74) is 7.72. The molecule has 2 aromatic carbocycles. The largest absolute Gasteiger partial charge is 0.347 e. The Bertz CT molecular complexity index is 917. The van der Waals surface area contributed by atoms with Gasteiger partial charge >= 0.3 is 0 Å². The molecule has 1 aliphatic rings. The summed E-state index contributed by atoms with van der Waals surface area (Å²) in [7, 11) is 0. The molecule has 0 fully saturated rings. The van der Waals surface area contributed by atoms with Gasteiger partial charge in [-0.2, -0.15) is 0 Å². The zero-order valence-corrected chi connectivity index (χ0v) is 14.5. The molecule has 24 heavy (non-hydrogen) atoms. The molecule has 0 radical (unpaired) electrons. The zero-order chi connectivity index (χ0) is 16.7. The monoisotopic (exact) mass is 316 g/mol. The second kappa shape index (κ2) is 5.86. The first-order chi connectivity index (χ1) is 11.7. The fraction of sp³-hybridized carbons (Fsp3) is 0.273. The lowest BCUT2D eigenvalue weighted by Crippen LogP contribution is -2.13. The minimum atomic E-state index is 0.915. The van der Waals surface area contributed by atoms with Gasteiger partial charge in [0.15, 0.2) is 0 Å². The van der Waals surface area contributed by atoms with Crippen molar-refractivity contribution < 1.29 is 0 Å². The SMILES string of the molecule is C=C1c2cc(CC)ccc2CN1c1ccc2ccn(CCC)c2c1. The van der Waals surface area contributed by atoms with E-state index in [1.807, 2.05) is 0 Å². The number of rotatable bonds is 4. The summed E-state index contributed by atoms with van der Waals surface area (Å²) in [6.07, 6.45) is 4.41. The third-order valence-electron chi connectivity index (χ3n) is 5.08. The average molecular weight is 316 g/mol. The van der Waals surface area contributed by atoms with E-state index in [1.54, 1.807) is 0 Å². The van der Waals surface area contributed by atoms with Crippen molar-refractivity contribution in [3.63, 3.8) is 0 Å². The molecule has 122 valence electrons. The van der Waals surface area contributed by atoms with E-state index < -0.39 is 0 Å². The highest BCUT2D eigenvalue weighted by molar-refractivity contribution is 5.89. The van der Waals surface area contributed by atoms with Gasteiger partial charge in [-0.25, -0.2) is 0 Å². The van der Waals surface area contributed by atoms with Gasteiger partial charge in [0.25, 0.3) is 0 Å². The lowest BCUT2D eigenvalue weighted by atomic mass is 10.0. The van der Waals surface area contributed by atoms with Crippen LogP contribution >= 0.6 is 0 Å². The fourth-order valence-electron chi connectivity index (χ4n) is 3.68. The van der Waals surface area contributed by atoms with E-state index in [0.29, 0.717) is 0 Å². The van der Waals surface area contributed by atoms with Crippen molar-refractivity contribution in [3.05, 3.63) is 71.9 Å². The minimum absolute atomic E-state index is 0.915. The van der Waals surface area contributed by atoms with E-state index in [9.17, 15) is 0 Å². The van der Waals surface area contributed by atoms with Crippen LogP contribution in [0.2, 0.25) is 0 Å². The van der Waals surface area contributed by atoms with Gasteiger partial charge in [-0.3, -0.25) is 0 Å². The first-order valence-electron chi connectivity index (χ1n) is 8.88. The molecule has 3 aromatic rings. The third-order valence-corrected chi connectivity index (χ3v) is 5.08. The van der Waals surface area contributed by atoms with Gasteiger partial charge in [0.2, 0.25) is 0 Å². The standard InChI is InChI=1S/C22H24N2/c1-4-11-23-12-10-18-8-9-20(14-22(18)23)24-15-19-7-6-17(5-2)13-21(19)16(24)3/h6-10,12-14H,3-5,11,15H2,1-2H3. The Morgan fingerprint density at radius 1 is 1.04 bits per heavy atom. The molecular weight excluding hydrogens is 292 g/mol. The maximum absolute atomic E-state index is 4.37. The molecule has 0 spiro atoms. The van der Waals surface area contributed by atoms with Crippen molar-refractivity contribution in [1.82, 2.24) is 4.57 Å². The van der Waals surface area contributed by atoms with Crippen molar-refractivity contribution in [2.24, 2.45) is 0 Å². The molecule has 0 bridgehead atoms. The Hall–Kier alpha value is -2.48. The van der Waals surface area contributed by atoms with Crippen LogP contribution in [0.25, 0.3) is 16.6 Å². The van der Waals surface area contributed by atoms with E-state index in [1.165, 1.54) is 33.3 Å². The number of hydrogen-bond acceptors (Lipinski definition) is 1. The number of fused-ring (bicyclic) bond motifs is 2. The van der Waals surface area contributed by atoms with E-state index in [-0.39, 0.29) is 0 Å². The van der Waals surface area contributed by atoms with Crippen LogP contribution in [0.3, 0.4) is 0 Å².